The van der Waals surface area contributed by atoms with Crippen LogP contribution < -0.4 is 14.8 Å². The molecule has 1 aromatic carbocycles. The van der Waals surface area contributed by atoms with Crippen molar-refractivity contribution in [3.05, 3.63) is 18.2 Å². The van der Waals surface area contributed by atoms with Gasteiger partial charge in [-0.2, -0.15) is 0 Å². The third-order valence-electron chi connectivity index (χ3n) is 5.13. The smallest absolute Gasteiger partial charge is 0.311 e. The fourth-order valence-corrected chi connectivity index (χ4v) is 3.46. The van der Waals surface area contributed by atoms with Crippen molar-refractivity contribution in [1.82, 2.24) is 0 Å². The lowest BCUT2D eigenvalue weighted by Crippen LogP contribution is -2.28. The topological polar surface area (TPSA) is 64.6 Å². The van der Waals surface area contributed by atoms with Crippen molar-refractivity contribution in [3.63, 3.8) is 0 Å². The standard InChI is InChI=1S/C21H31NO4/c1-5-19(23)26-20-17(8-7-9-18(20)25-6-2)22-21(24)16-12-10-15(11-13-16)14(3)4/h7-9,14-16H,5-6,10-13H2,1-4H3,(H,22,24). The van der Waals surface area contributed by atoms with Crippen LogP contribution >= 0.6 is 0 Å². The van der Waals surface area contributed by atoms with E-state index in [1.165, 1.54) is 0 Å². The molecule has 1 aliphatic carbocycles. The maximum Gasteiger partial charge on any atom is 0.311 e. The monoisotopic (exact) mass is 361 g/mol. The molecule has 1 aliphatic rings. The Morgan fingerprint density at radius 3 is 2.42 bits per heavy atom. The lowest BCUT2D eigenvalue weighted by molar-refractivity contribution is -0.134. The van der Waals surface area contributed by atoms with Gasteiger partial charge in [0, 0.05) is 12.3 Å². The zero-order valence-electron chi connectivity index (χ0n) is 16.3. The Kier molecular flexibility index (Phi) is 7.49. The molecule has 5 nitrogen and oxygen atoms in total. The van der Waals surface area contributed by atoms with Crippen LogP contribution in [0.15, 0.2) is 18.2 Å². The molecule has 1 N–H and O–H groups in total. The second-order valence-corrected chi connectivity index (χ2v) is 7.24. The molecule has 0 aliphatic heterocycles. The average molecular weight is 361 g/mol. The van der Waals surface area contributed by atoms with Gasteiger partial charge in [-0.15, -0.1) is 0 Å². The molecule has 1 saturated carbocycles. The SMILES string of the molecule is CCOc1cccc(NC(=O)C2CCC(C(C)C)CC2)c1OC(=O)CC. The molecular weight excluding hydrogens is 330 g/mol. The quantitative estimate of drug-likeness (QED) is 0.559. The Hall–Kier alpha value is -2.04. The van der Waals surface area contributed by atoms with Gasteiger partial charge in [0.2, 0.25) is 5.91 Å². The lowest BCUT2D eigenvalue weighted by Gasteiger charge is -2.30. The minimum atomic E-state index is -0.356. The number of carbonyl (C=O) groups excluding carboxylic acids is 2. The highest BCUT2D eigenvalue weighted by Gasteiger charge is 2.28. The molecule has 0 radical (unpaired) electrons. The predicted octanol–water partition coefficient (Wildman–Crippen LogP) is 4.80. The number of benzene rings is 1. The van der Waals surface area contributed by atoms with Gasteiger partial charge in [0.15, 0.2) is 11.5 Å². The van der Waals surface area contributed by atoms with Crippen LogP contribution in [0.5, 0.6) is 11.5 Å². The Morgan fingerprint density at radius 2 is 1.85 bits per heavy atom. The van der Waals surface area contributed by atoms with E-state index in [9.17, 15) is 9.59 Å². The van der Waals surface area contributed by atoms with Crippen molar-refractivity contribution in [2.45, 2.75) is 59.8 Å². The average Bonchev–Trinajstić information content (AvgIpc) is 2.64. The van der Waals surface area contributed by atoms with Crippen LogP contribution in [-0.2, 0) is 9.59 Å². The predicted molar refractivity (Wildman–Crippen MR) is 102 cm³/mol. The van der Waals surface area contributed by atoms with Gasteiger partial charge in [-0.25, -0.2) is 0 Å². The van der Waals surface area contributed by atoms with E-state index >= 15 is 0 Å². The van der Waals surface area contributed by atoms with Gasteiger partial charge in [0.05, 0.1) is 12.3 Å². The van der Waals surface area contributed by atoms with Crippen LogP contribution in [0.4, 0.5) is 5.69 Å². The zero-order chi connectivity index (χ0) is 19.1. The summed E-state index contributed by atoms with van der Waals surface area (Å²) in [5, 5.41) is 2.96. The van der Waals surface area contributed by atoms with E-state index in [0.717, 1.165) is 25.7 Å². The number of hydrogen-bond donors (Lipinski definition) is 1. The maximum atomic E-state index is 12.7. The summed E-state index contributed by atoms with van der Waals surface area (Å²) in [7, 11) is 0. The molecular formula is C21H31NO4. The normalized spacial score (nSPS) is 19.9. The van der Waals surface area contributed by atoms with E-state index in [-0.39, 0.29) is 24.2 Å². The summed E-state index contributed by atoms with van der Waals surface area (Å²) in [6.07, 6.45) is 4.25. The molecule has 2 rings (SSSR count). The Bertz CT molecular complexity index is 618. The number of carbonyl (C=O) groups is 2. The second-order valence-electron chi connectivity index (χ2n) is 7.24. The van der Waals surface area contributed by atoms with Crippen LogP contribution in [0.1, 0.15) is 59.8 Å². The number of anilines is 1. The van der Waals surface area contributed by atoms with Gasteiger partial charge >= 0.3 is 5.97 Å². The summed E-state index contributed by atoms with van der Waals surface area (Å²) >= 11 is 0. The first kappa shape index (κ1) is 20.3. The highest BCUT2D eigenvalue weighted by Crippen LogP contribution is 2.38. The highest BCUT2D eigenvalue weighted by atomic mass is 16.6. The van der Waals surface area contributed by atoms with Gasteiger partial charge in [0.25, 0.3) is 0 Å². The van der Waals surface area contributed by atoms with E-state index in [2.05, 4.69) is 19.2 Å². The fourth-order valence-electron chi connectivity index (χ4n) is 3.46. The van der Waals surface area contributed by atoms with Crippen LogP contribution in [0.2, 0.25) is 0 Å². The molecule has 0 aromatic heterocycles. The van der Waals surface area contributed by atoms with Crippen molar-refractivity contribution < 1.29 is 19.1 Å². The molecule has 0 bridgehead atoms. The summed E-state index contributed by atoms with van der Waals surface area (Å²) in [6, 6.07) is 5.28. The van der Waals surface area contributed by atoms with Crippen LogP contribution in [0.25, 0.3) is 0 Å². The van der Waals surface area contributed by atoms with Crippen LogP contribution in [-0.4, -0.2) is 18.5 Å². The minimum absolute atomic E-state index is 0.00495. The van der Waals surface area contributed by atoms with Crippen molar-refractivity contribution in [1.29, 1.82) is 0 Å². The first-order valence-corrected chi connectivity index (χ1v) is 9.73. The number of hydrogen-bond acceptors (Lipinski definition) is 4. The molecule has 1 aromatic rings. The molecule has 1 amide bonds. The van der Waals surface area contributed by atoms with Crippen molar-refractivity contribution in [2.75, 3.05) is 11.9 Å². The van der Waals surface area contributed by atoms with Gasteiger partial charge < -0.3 is 14.8 Å². The fraction of sp³-hybridized carbons (Fsp3) is 0.619. The van der Waals surface area contributed by atoms with Crippen LogP contribution in [0.3, 0.4) is 0 Å². The number of esters is 1. The van der Waals surface area contributed by atoms with Crippen molar-refractivity contribution in [2.24, 2.45) is 17.8 Å². The Morgan fingerprint density at radius 1 is 1.15 bits per heavy atom. The number of para-hydroxylation sites is 1. The largest absolute Gasteiger partial charge is 0.490 e. The number of rotatable bonds is 7. The molecule has 0 atom stereocenters. The van der Waals surface area contributed by atoms with E-state index in [1.54, 1.807) is 25.1 Å². The first-order valence-electron chi connectivity index (χ1n) is 9.73. The van der Waals surface area contributed by atoms with Gasteiger partial charge in [-0.1, -0.05) is 26.8 Å². The van der Waals surface area contributed by atoms with E-state index in [0.29, 0.717) is 35.6 Å². The molecule has 5 heteroatoms. The van der Waals surface area contributed by atoms with E-state index in [1.807, 2.05) is 6.92 Å². The molecule has 144 valence electrons. The van der Waals surface area contributed by atoms with Crippen molar-refractivity contribution >= 4 is 17.6 Å². The molecule has 26 heavy (non-hydrogen) atoms. The zero-order valence-corrected chi connectivity index (χ0v) is 16.3. The third-order valence-corrected chi connectivity index (χ3v) is 5.13. The minimum Gasteiger partial charge on any atom is -0.490 e. The second kappa shape index (κ2) is 9.60. The Labute approximate surface area is 156 Å². The lowest BCUT2D eigenvalue weighted by atomic mass is 9.76. The van der Waals surface area contributed by atoms with Gasteiger partial charge in [0.1, 0.15) is 0 Å². The number of amides is 1. The molecule has 1 fully saturated rings. The van der Waals surface area contributed by atoms with Crippen molar-refractivity contribution in [3.8, 4) is 11.5 Å². The first-order chi connectivity index (χ1) is 12.5. The maximum absolute atomic E-state index is 12.7. The summed E-state index contributed by atoms with van der Waals surface area (Å²) < 4.78 is 11.0. The summed E-state index contributed by atoms with van der Waals surface area (Å²) in [5.74, 6) is 1.79. The van der Waals surface area contributed by atoms with Crippen LogP contribution in [0, 0.1) is 17.8 Å². The van der Waals surface area contributed by atoms with Gasteiger partial charge in [-0.05, 0) is 56.6 Å². The summed E-state index contributed by atoms with van der Waals surface area (Å²) in [4.78, 5) is 24.5. The summed E-state index contributed by atoms with van der Waals surface area (Å²) in [6.45, 7) is 8.55. The highest BCUT2D eigenvalue weighted by molar-refractivity contribution is 5.95. The van der Waals surface area contributed by atoms with E-state index in [4.69, 9.17) is 9.47 Å². The summed E-state index contributed by atoms with van der Waals surface area (Å²) in [5.41, 5.74) is 0.494. The van der Waals surface area contributed by atoms with Gasteiger partial charge in [-0.3, -0.25) is 9.59 Å². The molecule has 0 saturated heterocycles. The number of ether oxygens (including phenoxy) is 2. The Balaban J connectivity index is 2.11. The third kappa shape index (κ3) is 5.23. The van der Waals surface area contributed by atoms with E-state index < -0.39 is 0 Å². The molecule has 0 spiro atoms. The number of nitrogens with one attached hydrogen (secondary N) is 1. The molecule has 0 heterocycles. The molecule has 0 unspecified atom stereocenters.